The third kappa shape index (κ3) is 4.80. The van der Waals surface area contributed by atoms with E-state index in [4.69, 9.17) is 9.16 Å². The van der Waals surface area contributed by atoms with Gasteiger partial charge < -0.3 is 18.8 Å². The van der Waals surface area contributed by atoms with Crippen molar-refractivity contribution >= 4 is 36.1 Å². The molecular weight excluding hydrogens is 478 g/mol. The van der Waals surface area contributed by atoms with Gasteiger partial charge in [0.05, 0.1) is 35.7 Å². The molecule has 4 rings (SSSR count). The summed E-state index contributed by atoms with van der Waals surface area (Å²) in [4.78, 5) is 12.7. The van der Waals surface area contributed by atoms with Gasteiger partial charge in [-0.3, -0.25) is 0 Å². The summed E-state index contributed by atoms with van der Waals surface area (Å²) in [5.41, 5.74) is 5.68. The van der Waals surface area contributed by atoms with Crippen LogP contribution >= 0.6 is 0 Å². The molecule has 3 aromatic carbocycles. The molecule has 1 heterocycles. The number of aromatic nitrogens is 1. The summed E-state index contributed by atoms with van der Waals surface area (Å²) in [6.45, 7) is 14.7. The fourth-order valence-electron chi connectivity index (χ4n) is 6.30. The lowest BCUT2D eigenvalue weighted by atomic mass is 10.0. The molecule has 0 atom stereocenters. The number of esters is 1. The van der Waals surface area contributed by atoms with Crippen LogP contribution in [0.5, 0.6) is 5.75 Å². The van der Waals surface area contributed by atoms with Crippen LogP contribution < -0.4 is 0 Å². The molecule has 0 aliphatic heterocycles. The van der Waals surface area contributed by atoms with E-state index in [1.54, 1.807) is 12.1 Å². The molecule has 0 aliphatic rings. The maximum atomic E-state index is 12.7. The molecule has 196 valence electrons. The third-order valence-electron chi connectivity index (χ3n) is 7.82. The summed E-state index contributed by atoms with van der Waals surface area (Å²) in [5.74, 6) is -0.270. The Labute approximate surface area is 221 Å². The highest BCUT2D eigenvalue weighted by molar-refractivity contribution is 6.77. The fourth-order valence-corrected chi connectivity index (χ4v) is 11.7. The second kappa shape index (κ2) is 10.7. The summed E-state index contributed by atoms with van der Waals surface area (Å²) in [6, 6.07) is 19.7. The van der Waals surface area contributed by atoms with Gasteiger partial charge in [0, 0.05) is 11.9 Å². The number of methoxy groups -OCH3 is 1. The summed E-state index contributed by atoms with van der Waals surface area (Å²) < 4.78 is 14.1. The standard InChI is InChI=1S/C31H39NO4Si/c1-20(2)37(21(3)4,22(5)6)36-19-24-16-27-30(28(33)17-24)29-25(31(34)35-7)14-11-15-26(29)32(27)18-23-12-9-8-10-13-23/h8-17,20-22,33H,18-19H2,1-7H3. The van der Waals surface area contributed by atoms with Gasteiger partial charge in [-0.2, -0.15) is 0 Å². The van der Waals surface area contributed by atoms with Gasteiger partial charge in [-0.15, -0.1) is 0 Å². The van der Waals surface area contributed by atoms with E-state index in [9.17, 15) is 9.90 Å². The van der Waals surface area contributed by atoms with E-state index in [-0.39, 0.29) is 5.75 Å². The Bertz CT molecular complexity index is 1380. The molecule has 0 radical (unpaired) electrons. The van der Waals surface area contributed by atoms with Crippen LogP contribution in [0.2, 0.25) is 16.6 Å². The van der Waals surface area contributed by atoms with E-state index in [1.165, 1.54) is 7.11 Å². The molecule has 1 N–H and O–H groups in total. The van der Waals surface area contributed by atoms with Crippen molar-refractivity contribution in [2.24, 2.45) is 0 Å². The van der Waals surface area contributed by atoms with Crippen molar-refractivity contribution < 1.29 is 19.1 Å². The van der Waals surface area contributed by atoms with Crippen LogP contribution in [-0.4, -0.2) is 31.1 Å². The van der Waals surface area contributed by atoms with Gasteiger partial charge in [-0.25, -0.2) is 4.79 Å². The second-order valence-electron chi connectivity index (χ2n) is 10.9. The lowest BCUT2D eigenvalue weighted by Crippen LogP contribution is -2.47. The van der Waals surface area contributed by atoms with E-state index in [1.807, 2.05) is 30.3 Å². The number of hydrogen-bond donors (Lipinski definition) is 1. The Kier molecular flexibility index (Phi) is 7.81. The van der Waals surface area contributed by atoms with Crippen molar-refractivity contribution in [3.63, 3.8) is 0 Å². The normalized spacial score (nSPS) is 12.4. The number of carbonyl (C=O) groups is 1. The third-order valence-corrected chi connectivity index (χ3v) is 13.9. The SMILES string of the molecule is COC(=O)c1cccc2c1c1c(O)cc(CO[Si](C(C)C)(C(C)C)C(C)C)cc1n2Cc1ccccc1. The topological polar surface area (TPSA) is 60.7 Å². The first-order valence-corrected chi connectivity index (χ1v) is 15.3. The highest BCUT2D eigenvalue weighted by Gasteiger charge is 2.45. The van der Waals surface area contributed by atoms with Crippen LogP contribution in [0.1, 0.15) is 63.0 Å². The lowest BCUT2D eigenvalue weighted by Gasteiger charge is -2.42. The molecule has 0 saturated carbocycles. The predicted octanol–water partition coefficient (Wildman–Crippen LogP) is 8.03. The minimum atomic E-state index is -2.08. The first kappa shape index (κ1) is 27.0. The highest BCUT2D eigenvalue weighted by atomic mass is 28.4. The van der Waals surface area contributed by atoms with E-state index in [0.29, 0.717) is 46.1 Å². The predicted molar refractivity (Wildman–Crippen MR) is 154 cm³/mol. The van der Waals surface area contributed by atoms with Crippen molar-refractivity contribution in [1.29, 1.82) is 0 Å². The number of ether oxygens (including phenoxy) is 1. The number of aromatic hydroxyl groups is 1. The summed E-state index contributed by atoms with van der Waals surface area (Å²) in [6.07, 6.45) is 0. The van der Waals surface area contributed by atoms with Crippen LogP contribution in [-0.2, 0) is 22.3 Å². The smallest absolute Gasteiger partial charge is 0.338 e. The molecule has 6 heteroatoms. The molecule has 0 spiro atoms. The molecule has 5 nitrogen and oxygen atoms in total. The molecule has 0 unspecified atom stereocenters. The zero-order valence-electron chi connectivity index (χ0n) is 23.0. The number of rotatable bonds is 9. The molecule has 0 bridgehead atoms. The highest BCUT2D eigenvalue weighted by Crippen LogP contribution is 2.44. The summed E-state index contributed by atoms with van der Waals surface area (Å²) in [5, 5.41) is 12.7. The summed E-state index contributed by atoms with van der Waals surface area (Å²) >= 11 is 0. The molecule has 1 aromatic heterocycles. The molecular formula is C31H39NO4Si. The second-order valence-corrected chi connectivity index (χ2v) is 16.3. The molecule has 0 saturated heterocycles. The quantitative estimate of drug-likeness (QED) is 0.180. The van der Waals surface area contributed by atoms with Crippen molar-refractivity contribution in [2.75, 3.05) is 7.11 Å². The van der Waals surface area contributed by atoms with E-state index in [2.05, 4.69) is 64.3 Å². The number of phenolic OH excluding ortho intramolecular Hbond substituents is 1. The number of hydrogen-bond acceptors (Lipinski definition) is 4. The number of phenols is 1. The zero-order chi connectivity index (χ0) is 26.9. The van der Waals surface area contributed by atoms with Gasteiger partial charge >= 0.3 is 5.97 Å². The van der Waals surface area contributed by atoms with Gasteiger partial charge in [0.15, 0.2) is 0 Å². The van der Waals surface area contributed by atoms with Crippen molar-refractivity contribution in [3.05, 3.63) is 77.4 Å². The minimum absolute atomic E-state index is 0.148. The molecule has 0 amide bonds. The van der Waals surface area contributed by atoms with Crippen molar-refractivity contribution in [2.45, 2.75) is 71.3 Å². The number of benzene rings is 3. The Morgan fingerprint density at radius 3 is 2.08 bits per heavy atom. The van der Waals surface area contributed by atoms with Crippen molar-refractivity contribution in [1.82, 2.24) is 4.57 Å². The van der Waals surface area contributed by atoms with E-state index < -0.39 is 14.3 Å². The first-order valence-electron chi connectivity index (χ1n) is 13.1. The molecule has 0 aliphatic carbocycles. The number of nitrogens with zero attached hydrogens (tertiary/aromatic N) is 1. The zero-order valence-corrected chi connectivity index (χ0v) is 24.0. The lowest BCUT2D eigenvalue weighted by molar-refractivity contribution is 0.0603. The Hall–Kier alpha value is -3.09. The molecule has 4 aromatic rings. The first-order chi connectivity index (χ1) is 17.6. The molecule has 0 fully saturated rings. The van der Waals surface area contributed by atoms with Crippen LogP contribution in [0.15, 0.2) is 60.7 Å². The molecule has 37 heavy (non-hydrogen) atoms. The van der Waals surface area contributed by atoms with Crippen LogP contribution in [0.4, 0.5) is 0 Å². The van der Waals surface area contributed by atoms with E-state index >= 15 is 0 Å². The summed E-state index contributed by atoms with van der Waals surface area (Å²) in [7, 11) is -0.697. The largest absolute Gasteiger partial charge is 0.507 e. The average molecular weight is 518 g/mol. The van der Waals surface area contributed by atoms with Gasteiger partial charge in [0.1, 0.15) is 5.75 Å². The van der Waals surface area contributed by atoms with Crippen LogP contribution in [0.3, 0.4) is 0 Å². The maximum Gasteiger partial charge on any atom is 0.338 e. The average Bonchev–Trinajstić information content (AvgIpc) is 3.17. The Balaban J connectivity index is 1.91. The Morgan fingerprint density at radius 2 is 1.49 bits per heavy atom. The maximum absolute atomic E-state index is 12.7. The van der Waals surface area contributed by atoms with Gasteiger partial charge in [-0.05, 0) is 52.0 Å². The number of carbonyl (C=O) groups excluding carboxylic acids is 1. The monoisotopic (exact) mass is 517 g/mol. The van der Waals surface area contributed by atoms with Gasteiger partial charge in [0.25, 0.3) is 0 Å². The van der Waals surface area contributed by atoms with Crippen LogP contribution in [0, 0.1) is 0 Å². The van der Waals surface area contributed by atoms with Gasteiger partial charge in [-0.1, -0.05) is 77.9 Å². The Morgan fingerprint density at radius 1 is 0.838 bits per heavy atom. The number of fused-ring (bicyclic) bond motifs is 3. The van der Waals surface area contributed by atoms with Crippen LogP contribution in [0.25, 0.3) is 21.8 Å². The fraction of sp³-hybridized carbons (Fsp3) is 0.387. The van der Waals surface area contributed by atoms with E-state index in [0.717, 1.165) is 22.2 Å². The van der Waals surface area contributed by atoms with Crippen molar-refractivity contribution in [3.8, 4) is 5.75 Å². The minimum Gasteiger partial charge on any atom is -0.507 e. The van der Waals surface area contributed by atoms with Gasteiger partial charge in [0.2, 0.25) is 8.32 Å².